The molecule has 0 saturated heterocycles. The van der Waals surface area contributed by atoms with Crippen LogP contribution in [0.25, 0.3) is 0 Å². The Bertz CT molecular complexity index is 592. The van der Waals surface area contributed by atoms with Crippen LogP contribution in [0.5, 0.6) is 5.75 Å². The van der Waals surface area contributed by atoms with Gasteiger partial charge in [-0.2, -0.15) is 0 Å². The minimum absolute atomic E-state index is 0.121. The molecule has 1 aromatic heterocycles. The molecule has 0 unspecified atom stereocenters. The number of nitrogens with zero attached hydrogens (tertiary/aromatic N) is 2. The number of rotatable bonds is 4. The highest BCUT2D eigenvalue weighted by Gasteiger charge is 2.13. The summed E-state index contributed by atoms with van der Waals surface area (Å²) < 4.78 is 0. The Morgan fingerprint density at radius 3 is 2.95 bits per heavy atom. The first-order chi connectivity index (χ1) is 9.10. The normalized spacial score (nSPS) is 10.4. The van der Waals surface area contributed by atoms with Gasteiger partial charge in [-0.05, 0) is 37.1 Å². The third kappa shape index (κ3) is 3.09. The van der Waals surface area contributed by atoms with Crippen molar-refractivity contribution in [2.75, 3.05) is 5.32 Å². The van der Waals surface area contributed by atoms with Crippen molar-refractivity contribution in [2.24, 2.45) is 0 Å². The van der Waals surface area contributed by atoms with Gasteiger partial charge in [-0.25, -0.2) is 4.98 Å². The number of nitrogens with one attached hydrogen (secondary N) is 2. The van der Waals surface area contributed by atoms with Gasteiger partial charge in [-0.3, -0.25) is 9.89 Å². The Hall–Kier alpha value is -2.37. The summed E-state index contributed by atoms with van der Waals surface area (Å²) in [5, 5.41) is 18.6. The molecule has 2 rings (SSSR count). The minimum Gasteiger partial charge on any atom is -0.508 e. The van der Waals surface area contributed by atoms with Crippen molar-refractivity contribution in [3.8, 4) is 5.75 Å². The van der Waals surface area contributed by atoms with E-state index in [0.29, 0.717) is 11.5 Å². The second-order valence-electron chi connectivity index (χ2n) is 4.31. The first-order valence-electron chi connectivity index (χ1n) is 6.12. The molecule has 1 aromatic carbocycles. The molecule has 0 aliphatic rings. The van der Waals surface area contributed by atoms with Crippen molar-refractivity contribution in [1.29, 1.82) is 0 Å². The zero-order valence-electron chi connectivity index (χ0n) is 10.9. The van der Waals surface area contributed by atoms with Crippen LogP contribution in [-0.4, -0.2) is 26.2 Å². The number of aryl methyl sites for hydroxylation is 2. The van der Waals surface area contributed by atoms with Gasteiger partial charge in [0.1, 0.15) is 11.6 Å². The smallest absolute Gasteiger partial charge is 0.295 e. The summed E-state index contributed by atoms with van der Waals surface area (Å²) >= 11 is 0. The summed E-state index contributed by atoms with van der Waals surface area (Å²) in [6.45, 7) is 3.83. The van der Waals surface area contributed by atoms with E-state index in [9.17, 15) is 9.90 Å². The van der Waals surface area contributed by atoms with Crippen molar-refractivity contribution in [1.82, 2.24) is 15.2 Å². The van der Waals surface area contributed by atoms with Crippen molar-refractivity contribution >= 4 is 11.6 Å². The predicted octanol–water partition coefficient (Wildman–Crippen LogP) is 2.02. The second kappa shape index (κ2) is 5.51. The first kappa shape index (κ1) is 13.1. The first-order valence-corrected chi connectivity index (χ1v) is 6.12. The van der Waals surface area contributed by atoms with E-state index in [0.717, 1.165) is 18.4 Å². The van der Waals surface area contributed by atoms with E-state index in [2.05, 4.69) is 20.5 Å². The number of amides is 1. The van der Waals surface area contributed by atoms with E-state index in [1.807, 2.05) is 6.92 Å². The molecule has 19 heavy (non-hydrogen) atoms. The van der Waals surface area contributed by atoms with E-state index in [-0.39, 0.29) is 17.5 Å². The highest BCUT2D eigenvalue weighted by atomic mass is 16.3. The second-order valence-corrected chi connectivity index (χ2v) is 4.31. The highest BCUT2D eigenvalue weighted by molar-refractivity contribution is 6.01. The fourth-order valence-electron chi connectivity index (χ4n) is 1.71. The number of hydrogen-bond acceptors (Lipinski definition) is 4. The van der Waals surface area contributed by atoms with Gasteiger partial charge in [0.2, 0.25) is 5.82 Å². The molecule has 0 aliphatic carbocycles. The largest absolute Gasteiger partial charge is 0.508 e. The number of anilines is 1. The maximum Gasteiger partial charge on any atom is 0.295 e. The number of carbonyl (C=O) groups excluding carboxylic acids is 1. The van der Waals surface area contributed by atoms with Crippen LogP contribution in [0.15, 0.2) is 18.2 Å². The number of aromatic hydroxyl groups is 1. The van der Waals surface area contributed by atoms with E-state index in [1.165, 1.54) is 6.07 Å². The Labute approximate surface area is 110 Å². The van der Waals surface area contributed by atoms with Gasteiger partial charge in [0, 0.05) is 12.1 Å². The average Bonchev–Trinajstić information content (AvgIpc) is 2.82. The quantitative estimate of drug-likeness (QED) is 0.733. The van der Waals surface area contributed by atoms with Gasteiger partial charge < -0.3 is 10.4 Å². The van der Waals surface area contributed by atoms with E-state index >= 15 is 0 Å². The summed E-state index contributed by atoms with van der Waals surface area (Å²) in [6, 6.07) is 4.74. The summed E-state index contributed by atoms with van der Waals surface area (Å²) in [7, 11) is 0. The molecule has 1 heterocycles. The van der Waals surface area contributed by atoms with Gasteiger partial charge in [0.15, 0.2) is 0 Å². The van der Waals surface area contributed by atoms with Crippen LogP contribution in [0.1, 0.15) is 35.4 Å². The molecule has 6 heteroatoms. The lowest BCUT2D eigenvalue weighted by atomic mass is 10.2. The number of aromatic nitrogens is 3. The SMILES string of the molecule is CCCc1nc(C(=O)Nc2ccc(O)cc2C)n[nH]1. The maximum absolute atomic E-state index is 12.0. The molecule has 100 valence electrons. The standard InChI is InChI=1S/C13H16N4O2/c1-3-4-11-15-12(17-16-11)13(19)14-10-6-5-9(18)7-8(10)2/h5-7,18H,3-4H2,1-2H3,(H,14,19)(H,15,16,17). The van der Waals surface area contributed by atoms with Crippen molar-refractivity contribution in [2.45, 2.75) is 26.7 Å². The van der Waals surface area contributed by atoms with Crippen LogP contribution < -0.4 is 5.32 Å². The summed E-state index contributed by atoms with van der Waals surface area (Å²) in [6.07, 6.45) is 1.70. The maximum atomic E-state index is 12.0. The lowest BCUT2D eigenvalue weighted by molar-refractivity contribution is 0.101. The third-order valence-electron chi connectivity index (χ3n) is 2.68. The lowest BCUT2D eigenvalue weighted by Gasteiger charge is -2.06. The van der Waals surface area contributed by atoms with Crippen LogP contribution in [0.4, 0.5) is 5.69 Å². The lowest BCUT2D eigenvalue weighted by Crippen LogP contribution is -2.14. The molecule has 2 aromatic rings. The molecular weight excluding hydrogens is 244 g/mol. The third-order valence-corrected chi connectivity index (χ3v) is 2.68. The van der Waals surface area contributed by atoms with Gasteiger partial charge in [0.05, 0.1) is 0 Å². The summed E-state index contributed by atoms with van der Waals surface area (Å²) in [5.74, 6) is 0.622. The highest BCUT2D eigenvalue weighted by Crippen LogP contribution is 2.20. The zero-order valence-corrected chi connectivity index (χ0v) is 10.9. The number of carbonyl (C=O) groups is 1. The molecule has 0 bridgehead atoms. The molecular formula is C13H16N4O2. The van der Waals surface area contributed by atoms with Gasteiger partial charge in [0.25, 0.3) is 5.91 Å². The number of H-pyrrole nitrogens is 1. The fraction of sp³-hybridized carbons (Fsp3) is 0.308. The number of phenols is 1. The monoisotopic (exact) mass is 260 g/mol. The molecule has 0 spiro atoms. The van der Waals surface area contributed by atoms with Crippen LogP contribution in [-0.2, 0) is 6.42 Å². The molecule has 0 aliphatic heterocycles. The van der Waals surface area contributed by atoms with Gasteiger partial charge in [-0.1, -0.05) is 6.92 Å². The molecule has 3 N–H and O–H groups in total. The van der Waals surface area contributed by atoms with Crippen LogP contribution >= 0.6 is 0 Å². The molecule has 6 nitrogen and oxygen atoms in total. The van der Waals surface area contributed by atoms with Crippen LogP contribution in [0, 0.1) is 6.92 Å². The number of aromatic amines is 1. The number of benzene rings is 1. The Morgan fingerprint density at radius 1 is 1.47 bits per heavy atom. The molecule has 1 amide bonds. The molecule has 0 fully saturated rings. The minimum atomic E-state index is -0.368. The van der Waals surface area contributed by atoms with Crippen molar-refractivity contribution in [3.63, 3.8) is 0 Å². The van der Waals surface area contributed by atoms with Crippen LogP contribution in [0.3, 0.4) is 0 Å². The van der Waals surface area contributed by atoms with Crippen molar-refractivity contribution < 1.29 is 9.90 Å². The van der Waals surface area contributed by atoms with Crippen molar-refractivity contribution in [3.05, 3.63) is 35.4 Å². The summed E-state index contributed by atoms with van der Waals surface area (Å²) in [5.41, 5.74) is 1.40. The molecule has 0 radical (unpaired) electrons. The topological polar surface area (TPSA) is 90.9 Å². The number of phenolic OH excluding ortho intramolecular Hbond substituents is 1. The molecule has 0 saturated carbocycles. The summed E-state index contributed by atoms with van der Waals surface area (Å²) in [4.78, 5) is 16.1. The van der Waals surface area contributed by atoms with E-state index in [4.69, 9.17) is 0 Å². The fourth-order valence-corrected chi connectivity index (χ4v) is 1.71. The Balaban J connectivity index is 2.11. The van der Waals surface area contributed by atoms with Gasteiger partial charge in [-0.15, -0.1) is 5.10 Å². The Morgan fingerprint density at radius 2 is 2.26 bits per heavy atom. The van der Waals surface area contributed by atoms with Crippen LogP contribution in [0.2, 0.25) is 0 Å². The number of hydrogen-bond donors (Lipinski definition) is 3. The predicted molar refractivity (Wildman–Crippen MR) is 71.2 cm³/mol. The van der Waals surface area contributed by atoms with E-state index < -0.39 is 0 Å². The van der Waals surface area contributed by atoms with E-state index in [1.54, 1.807) is 19.1 Å². The molecule has 0 atom stereocenters. The average molecular weight is 260 g/mol. The van der Waals surface area contributed by atoms with Gasteiger partial charge >= 0.3 is 0 Å². The Kier molecular flexibility index (Phi) is 3.79. The zero-order chi connectivity index (χ0) is 13.8.